The van der Waals surface area contributed by atoms with Gasteiger partial charge in [0, 0.05) is 42.7 Å². The Balaban J connectivity index is 0.000000296. The Hall–Kier alpha value is 1.90. The van der Waals surface area contributed by atoms with E-state index in [1.54, 1.807) is 24.8 Å². The topological polar surface area (TPSA) is 25.8 Å². The number of nitrogens with zero attached hydrogens (tertiary/aromatic N) is 2. The average Bonchev–Trinajstić information content (AvgIpc) is 2.26. The fourth-order valence-corrected chi connectivity index (χ4v) is 2.85. The fourth-order valence-electron chi connectivity index (χ4n) is 0.772. The van der Waals surface area contributed by atoms with Crippen molar-refractivity contribution in [3.05, 3.63) is 54.8 Å². The zero-order chi connectivity index (χ0) is 16.5. The van der Waals surface area contributed by atoms with Crippen molar-refractivity contribution in [1.82, 2.24) is 9.97 Å². The summed E-state index contributed by atoms with van der Waals surface area (Å²) in [5.41, 5.74) is 0. The summed E-state index contributed by atoms with van der Waals surface area (Å²) in [5, 5.41) is 0. The monoisotopic (exact) mass is 673 g/mol. The molecular weight excluding hydrogens is 673 g/mol. The van der Waals surface area contributed by atoms with Crippen LogP contribution in [0.25, 0.3) is 0 Å². The SMILES string of the molecule is Brc1cncc(Br)c1.Brc1cncc(Br)c1.[Cl][Cu-2]([Cl])([Cl])[Cl]. The molecule has 0 aliphatic heterocycles. The van der Waals surface area contributed by atoms with E-state index in [2.05, 4.69) is 73.7 Å². The Bertz CT molecular complexity index is 473. The van der Waals surface area contributed by atoms with Gasteiger partial charge in [-0.2, -0.15) is 0 Å². The molecule has 125 valence electrons. The molecule has 21 heavy (non-hydrogen) atoms. The van der Waals surface area contributed by atoms with Gasteiger partial charge in [0.2, 0.25) is 0 Å². The van der Waals surface area contributed by atoms with Gasteiger partial charge in [0.25, 0.3) is 0 Å². The molecule has 0 radical (unpaired) electrons. The molecule has 0 unspecified atom stereocenters. The number of rotatable bonds is 0. The van der Waals surface area contributed by atoms with Crippen LogP contribution in [0.1, 0.15) is 0 Å². The summed E-state index contributed by atoms with van der Waals surface area (Å²) in [6.07, 6.45) is 6.96. The molecule has 0 saturated heterocycles. The molecule has 11 heteroatoms. The van der Waals surface area contributed by atoms with E-state index in [1.165, 1.54) is 0 Å². The van der Waals surface area contributed by atoms with Crippen LogP contribution in [0.2, 0.25) is 0 Å². The molecule has 2 aromatic rings. The van der Waals surface area contributed by atoms with E-state index >= 15 is 0 Å². The second-order valence-electron chi connectivity index (χ2n) is 2.90. The van der Waals surface area contributed by atoms with Crippen LogP contribution >= 0.6 is 104 Å². The van der Waals surface area contributed by atoms with Crippen molar-refractivity contribution >= 4 is 104 Å². The quantitative estimate of drug-likeness (QED) is 0.264. The standard InChI is InChI=1S/2C5H3Br2N.4ClH.Cu/c2*6-4-1-5(7)3-8-2-4;;;;;/h2*1-3H;4*1H;/q;;;;;;+2/p-4. The predicted molar refractivity (Wildman–Crippen MR) is 103 cm³/mol. The molecule has 0 amide bonds. The number of hydrogen-bond acceptors (Lipinski definition) is 2. The van der Waals surface area contributed by atoms with Crippen LogP contribution in [-0.4, -0.2) is 9.97 Å². The van der Waals surface area contributed by atoms with Gasteiger partial charge in [-0.25, -0.2) is 0 Å². The summed E-state index contributed by atoms with van der Waals surface area (Å²) in [4.78, 5) is 7.78. The molecule has 0 aliphatic carbocycles. The average molecular weight is 679 g/mol. The van der Waals surface area contributed by atoms with Crippen molar-refractivity contribution < 1.29 is 9.20 Å². The summed E-state index contributed by atoms with van der Waals surface area (Å²) in [7, 11) is 17.4. The summed E-state index contributed by atoms with van der Waals surface area (Å²) >= 11 is 13.1. The molecule has 0 N–H and O–H groups in total. The van der Waals surface area contributed by atoms with Gasteiger partial charge >= 0.3 is 49.6 Å². The molecule has 2 heterocycles. The van der Waals surface area contributed by atoms with E-state index < -0.39 is 9.20 Å². The van der Waals surface area contributed by atoms with Gasteiger partial charge in [0.15, 0.2) is 0 Å². The van der Waals surface area contributed by atoms with Gasteiger partial charge in [-0.3, -0.25) is 9.97 Å². The summed E-state index contributed by atoms with van der Waals surface area (Å²) in [6.45, 7) is 0. The zero-order valence-electron chi connectivity index (χ0n) is 9.68. The molecule has 0 aromatic carbocycles. The van der Waals surface area contributed by atoms with E-state index in [0.717, 1.165) is 17.9 Å². The van der Waals surface area contributed by atoms with Crippen molar-refractivity contribution in [1.29, 1.82) is 0 Å². The van der Waals surface area contributed by atoms with E-state index in [1.807, 2.05) is 12.1 Å². The Morgan fingerprint density at radius 1 is 0.619 bits per heavy atom. The van der Waals surface area contributed by atoms with E-state index in [0.29, 0.717) is 0 Å². The summed E-state index contributed by atoms with van der Waals surface area (Å²) in [5.74, 6) is 0. The molecule has 0 atom stereocenters. The third-order valence-corrected chi connectivity index (χ3v) is 3.08. The van der Waals surface area contributed by atoms with Crippen molar-refractivity contribution in [3.8, 4) is 0 Å². The Morgan fingerprint density at radius 3 is 0.905 bits per heavy atom. The first-order valence-electron chi connectivity index (χ1n) is 4.55. The minimum atomic E-state index is -2.24. The van der Waals surface area contributed by atoms with Crippen LogP contribution < -0.4 is 0 Å². The first-order chi connectivity index (χ1) is 9.58. The number of hydrogen-bond donors (Lipinski definition) is 0. The van der Waals surface area contributed by atoms with Gasteiger partial charge in [-0.05, 0) is 75.9 Å². The maximum absolute atomic E-state index is 4.90. The second kappa shape index (κ2) is 12.3. The molecule has 2 aromatic heterocycles. The van der Waals surface area contributed by atoms with Crippen LogP contribution in [0.4, 0.5) is 0 Å². The van der Waals surface area contributed by atoms with E-state index in [-0.39, 0.29) is 0 Å². The van der Waals surface area contributed by atoms with Crippen LogP contribution in [0.3, 0.4) is 0 Å². The van der Waals surface area contributed by atoms with Gasteiger partial charge in [-0.1, -0.05) is 0 Å². The fraction of sp³-hybridized carbons (Fsp3) is 0. The van der Waals surface area contributed by atoms with Crippen LogP contribution in [0, 0.1) is 0 Å². The number of pyridine rings is 2. The first-order valence-corrected chi connectivity index (χ1v) is 12.9. The normalized spacial score (nSPS) is 10.7. The van der Waals surface area contributed by atoms with Crippen LogP contribution in [0.5, 0.6) is 0 Å². The molecule has 0 saturated carbocycles. The van der Waals surface area contributed by atoms with Crippen molar-refractivity contribution in [2.75, 3.05) is 0 Å². The molecular formula is C10H6Br4Cl4CuN2-2. The Morgan fingerprint density at radius 2 is 0.810 bits per heavy atom. The molecule has 2 nitrogen and oxygen atoms in total. The van der Waals surface area contributed by atoms with Crippen LogP contribution in [-0.2, 0) is 9.20 Å². The van der Waals surface area contributed by atoms with Crippen LogP contribution in [0.15, 0.2) is 54.8 Å². The van der Waals surface area contributed by atoms with Gasteiger partial charge in [0.05, 0.1) is 0 Å². The minimum absolute atomic E-state index is 0.992. The van der Waals surface area contributed by atoms with Crippen molar-refractivity contribution in [2.45, 2.75) is 0 Å². The molecule has 0 fully saturated rings. The van der Waals surface area contributed by atoms with E-state index in [9.17, 15) is 0 Å². The third kappa shape index (κ3) is 18.1. The molecule has 0 aliphatic rings. The second-order valence-corrected chi connectivity index (χ2v) is 15.9. The molecule has 0 bridgehead atoms. The Labute approximate surface area is 176 Å². The maximum atomic E-state index is 4.90. The summed E-state index contributed by atoms with van der Waals surface area (Å²) < 4.78 is 3.97. The predicted octanol–water partition coefficient (Wildman–Crippen LogP) is 7.97. The number of aromatic nitrogens is 2. The van der Waals surface area contributed by atoms with E-state index in [4.69, 9.17) is 40.4 Å². The Kier molecular flexibility index (Phi) is 13.4. The number of halogens is 8. The third-order valence-electron chi connectivity index (χ3n) is 1.34. The van der Waals surface area contributed by atoms with Crippen molar-refractivity contribution in [3.63, 3.8) is 0 Å². The van der Waals surface area contributed by atoms with Gasteiger partial charge in [0.1, 0.15) is 0 Å². The molecule has 2 rings (SSSR count). The van der Waals surface area contributed by atoms with Gasteiger partial charge < -0.3 is 0 Å². The van der Waals surface area contributed by atoms with Gasteiger partial charge in [-0.15, -0.1) is 0 Å². The molecule has 0 spiro atoms. The van der Waals surface area contributed by atoms with Crippen molar-refractivity contribution in [2.24, 2.45) is 0 Å². The first kappa shape index (κ1) is 22.9. The zero-order valence-corrected chi connectivity index (χ0v) is 20.0. The summed E-state index contributed by atoms with van der Waals surface area (Å²) in [6, 6.07) is 3.88.